The van der Waals surface area contributed by atoms with Crippen LogP contribution in [-0.4, -0.2) is 12.1 Å². The van der Waals surface area contributed by atoms with Gasteiger partial charge >= 0.3 is 0 Å². The van der Waals surface area contributed by atoms with E-state index in [1.807, 2.05) is 50.2 Å². The second-order valence-electron chi connectivity index (χ2n) is 4.54. The molecule has 0 saturated heterocycles. The summed E-state index contributed by atoms with van der Waals surface area (Å²) in [6.07, 6.45) is -0.00476. The summed E-state index contributed by atoms with van der Waals surface area (Å²) in [5, 5.41) is 0. The van der Waals surface area contributed by atoms with Crippen molar-refractivity contribution in [3.05, 3.63) is 54.6 Å². The van der Waals surface area contributed by atoms with Crippen molar-refractivity contribution >= 4 is 0 Å². The van der Waals surface area contributed by atoms with E-state index in [1.54, 1.807) is 0 Å². The van der Waals surface area contributed by atoms with E-state index >= 15 is 0 Å². The van der Waals surface area contributed by atoms with Gasteiger partial charge in [0.25, 0.3) is 0 Å². The fourth-order valence-electron chi connectivity index (χ4n) is 1.73. The van der Waals surface area contributed by atoms with Gasteiger partial charge in [-0.15, -0.1) is 0 Å². The third-order valence-corrected chi connectivity index (χ3v) is 3.03. The van der Waals surface area contributed by atoms with E-state index in [2.05, 4.69) is 18.2 Å². The highest BCUT2D eigenvalue weighted by Crippen LogP contribution is 2.30. The molecule has 0 spiro atoms. The molecule has 0 aliphatic rings. The van der Waals surface area contributed by atoms with Crippen molar-refractivity contribution in [2.24, 2.45) is 5.73 Å². The Morgan fingerprint density at radius 2 is 1.50 bits per heavy atom. The molecule has 0 amide bonds. The Morgan fingerprint density at radius 1 is 0.889 bits per heavy atom. The lowest BCUT2D eigenvalue weighted by atomic mass is 10.0. The summed E-state index contributed by atoms with van der Waals surface area (Å²) in [7, 11) is 0. The molecule has 0 heterocycles. The summed E-state index contributed by atoms with van der Waals surface area (Å²) in [5.41, 5.74) is 8.11. The van der Waals surface area contributed by atoms with Crippen molar-refractivity contribution in [2.45, 2.75) is 26.0 Å². The zero-order valence-electron chi connectivity index (χ0n) is 10.8. The van der Waals surface area contributed by atoms with Crippen LogP contribution in [0.1, 0.15) is 13.8 Å². The van der Waals surface area contributed by atoms with Crippen LogP contribution >= 0.6 is 0 Å². The Bertz CT molecular complexity index is 493. The molecule has 0 aromatic heterocycles. The average Bonchev–Trinajstić information content (AvgIpc) is 2.40. The quantitative estimate of drug-likeness (QED) is 0.889. The van der Waals surface area contributed by atoms with Crippen LogP contribution in [0.15, 0.2) is 54.6 Å². The Kier molecular flexibility index (Phi) is 4.00. The molecule has 0 aliphatic heterocycles. The zero-order chi connectivity index (χ0) is 13.0. The van der Waals surface area contributed by atoms with Crippen molar-refractivity contribution in [1.29, 1.82) is 0 Å². The molecular weight excluding hydrogens is 222 g/mol. The first-order chi connectivity index (χ1) is 8.68. The van der Waals surface area contributed by atoms with E-state index in [-0.39, 0.29) is 12.1 Å². The third-order valence-electron chi connectivity index (χ3n) is 3.03. The van der Waals surface area contributed by atoms with E-state index in [1.165, 1.54) is 0 Å². The lowest BCUT2D eigenvalue weighted by molar-refractivity contribution is 0.197. The summed E-state index contributed by atoms with van der Waals surface area (Å²) in [6, 6.07) is 18.3. The maximum atomic E-state index is 5.94. The summed E-state index contributed by atoms with van der Waals surface area (Å²) in [6.45, 7) is 3.95. The molecule has 18 heavy (non-hydrogen) atoms. The Hall–Kier alpha value is -1.80. The smallest absolute Gasteiger partial charge is 0.127 e. The van der Waals surface area contributed by atoms with Gasteiger partial charge in [-0.25, -0.2) is 0 Å². The van der Waals surface area contributed by atoms with Gasteiger partial charge in [0.05, 0.1) is 0 Å². The summed E-state index contributed by atoms with van der Waals surface area (Å²) in [4.78, 5) is 0. The van der Waals surface area contributed by atoms with Gasteiger partial charge in [-0.3, -0.25) is 0 Å². The molecule has 2 heteroatoms. The Morgan fingerprint density at radius 3 is 2.17 bits per heavy atom. The van der Waals surface area contributed by atoms with Gasteiger partial charge in [0.15, 0.2) is 0 Å². The van der Waals surface area contributed by atoms with Crippen LogP contribution in [0.2, 0.25) is 0 Å². The van der Waals surface area contributed by atoms with Crippen molar-refractivity contribution in [1.82, 2.24) is 0 Å². The fraction of sp³-hybridized carbons (Fsp3) is 0.250. The predicted octanol–water partition coefficient (Wildman–Crippen LogP) is 3.47. The number of para-hydroxylation sites is 1. The van der Waals surface area contributed by atoms with Gasteiger partial charge in [0, 0.05) is 11.6 Å². The molecule has 2 aromatic carbocycles. The van der Waals surface area contributed by atoms with Crippen LogP contribution in [0.4, 0.5) is 0 Å². The number of hydrogen-bond acceptors (Lipinski definition) is 2. The van der Waals surface area contributed by atoms with Crippen LogP contribution in [0, 0.1) is 0 Å². The third kappa shape index (κ3) is 2.90. The van der Waals surface area contributed by atoms with Crippen LogP contribution in [0.5, 0.6) is 5.75 Å². The number of nitrogens with two attached hydrogens (primary N) is 1. The van der Waals surface area contributed by atoms with Crippen LogP contribution in [0.25, 0.3) is 11.1 Å². The topological polar surface area (TPSA) is 35.2 Å². The Labute approximate surface area is 108 Å². The van der Waals surface area contributed by atoms with E-state index in [9.17, 15) is 0 Å². The molecule has 0 saturated carbocycles. The first-order valence-corrected chi connectivity index (χ1v) is 6.25. The summed E-state index contributed by atoms with van der Waals surface area (Å²) >= 11 is 0. The highest BCUT2D eigenvalue weighted by Gasteiger charge is 2.12. The van der Waals surface area contributed by atoms with Gasteiger partial charge in [0.2, 0.25) is 0 Å². The van der Waals surface area contributed by atoms with E-state index in [0.29, 0.717) is 0 Å². The molecule has 1 unspecified atom stereocenters. The number of ether oxygens (including phenoxy) is 1. The molecule has 2 rings (SSSR count). The molecule has 0 aliphatic carbocycles. The van der Waals surface area contributed by atoms with Crippen molar-refractivity contribution in [3.8, 4) is 16.9 Å². The number of hydrogen-bond donors (Lipinski definition) is 1. The maximum absolute atomic E-state index is 5.94. The second kappa shape index (κ2) is 5.69. The van der Waals surface area contributed by atoms with Crippen molar-refractivity contribution in [2.75, 3.05) is 0 Å². The minimum absolute atomic E-state index is 0.00476. The zero-order valence-corrected chi connectivity index (χ0v) is 10.8. The standard InChI is InChI=1S/C16H19NO/c1-12(17)13(2)18-16-11-7-6-10-15(16)14-8-4-3-5-9-14/h3-13H,17H2,1-2H3/t12-,13?/m0/s1. The normalized spacial score (nSPS) is 13.9. The van der Waals surface area contributed by atoms with Crippen molar-refractivity contribution in [3.63, 3.8) is 0 Å². The average molecular weight is 241 g/mol. The molecule has 0 bridgehead atoms. The van der Waals surface area contributed by atoms with E-state index in [0.717, 1.165) is 16.9 Å². The van der Waals surface area contributed by atoms with Crippen LogP contribution < -0.4 is 10.5 Å². The first kappa shape index (κ1) is 12.7. The largest absolute Gasteiger partial charge is 0.488 e. The van der Waals surface area contributed by atoms with Crippen molar-refractivity contribution < 1.29 is 4.74 Å². The van der Waals surface area contributed by atoms with Gasteiger partial charge in [-0.2, -0.15) is 0 Å². The molecule has 0 radical (unpaired) electrons. The van der Waals surface area contributed by atoms with Crippen LogP contribution in [0.3, 0.4) is 0 Å². The number of benzene rings is 2. The molecule has 94 valence electrons. The summed E-state index contributed by atoms with van der Waals surface area (Å²) in [5.74, 6) is 0.883. The molecular formula is C16H19NO. The summed E-state index contributed by atoms with van der Waals surface area (Å²) < 4.78 is 5.94. The van der Waals surface area contributed by atoms with Crippen LogP contribution in [-0.2, 0) is 0 Å². The van der Waals surface area contributed by atoms with Gasteiger partial charge in [-0.1, -0.05) is 48.5 Å². The lowest BCUT2D eigenvalue weighted by Gasteiger charge is -2.20. The van der Waals surface area contributed by atoms with Gasteiger partial charge in [-0.05, 0) is 25.5 Å². The SMILES string of the molecule is CC(Oc1ccccc1-c1ccccc1)[C@H](C)N. The molecule has 2 N–H and O–H groups in total. The second-order valence-corrected chi connectivity index (χ2v) is 4.54. The highest BCUT2D eigenvalue weighted by atomic mass is 16.5. The Balaban J connectivity index is 2.32. The molecule has 2 nitrogen and oxygen atoms in total. The maximum Gasteiger partial charge on any atom is 0.127 e. The van der Waals surface area contributed by atoms with Gasteiger partial charge in [0.1, 0.15) is 11.9 Å². The number of rotatable bonds is 4. The first-order valence-electron chi connectivity index (χ1n) is 6.25. The molecule has 0 fully saturated rings. The monoisotopic (exact) mass is 241 g/mol. The lowest BCUT2D eigenvalue weighted by Crippen LogP contribution is -2.33. The molecule has 2 aromatic rings. The van der Waals surface area contributed by atoms with E-state index in [4.69, 9.17) is 10.5 Å². The minimum Gasteiger partial charge on any atom is -0.488 e. The minimum atomic E-state index is -0.00476. The van der Waals surface area contributed by atoms with E-state index < -0.39 is 0 Å². The predicted molar refractivity (Wildman–Crippen MR) is 75.6 cm³/mol. The fourth-order valence-corrected chi connectivity index (χ4v) is 1.73. The highest BCUT2D eigenvalue weighted by molar-refractivity contribution is 5.70. The molecule has 2 atom stereocenters. The van der Waals surface area contributed by atoms with Gasteiger partial charge < -0.3 is 10.5 Å².